The van der Waals surface area contributed by atoms with Gasteiger partial charge in [0.2, 0.25) is 0 Å². The van der Waals surface area contributed by atoms with Gasteiger partial charge in [0.05, 0.1) is 11.0 Å². The molecular weight excluding hydrogens is 302 g/mol. The van der Waals surface area contributed by atoms with Gasteiger partial charge in [0.1, 0.15) is 4.21 Å². The Hall–Kier alpha value is -0.540. The molecule has 1 saturated heterocycles. The second kappa shape index (κ2) is 5.84. The Morgan fingerprint density at radius 2 is 2.05 bits per heavy atom. The number of nitrogens with two attached hydrogens (primary N) is 1. The third kappa shape index (κ3) is 3.14. The summed E-state index contributed by atoms with van der Waals surface area (Å²) in [7, 11) is -3.33. The Morgan fingerprint density at radius 3 is 2.53 bits per heavy atom. The average Bonchev–Trinajstić information content (AvgIpc) is 2.92. The zero-order chi connectivity index (χ0) is 14.0. The van der Waals surface area contributed by atoms with E-state index in [1.54, 1.807) is 17.5 Å². The molecule has 0 bridgehead atoms. The van der Waals surface area contributed by atoms with Crippen molar-refractivity contribution >= 4 is 38.6 Å². The van der Waals surface area contributed by atoms with Gasteiger partial charge in [0, 0.05) is 26.2 Å². The molecule has 0 saturated carbocycles. The Kier molecular flexibility index (Phi) is 4.57. The van der Waals surface area contributed by atoms with Crippen LogP contribution in [-0.2, 0) is 10.0 Å². The Balaban J connectivity index is 2.03. The maximum absolute atomic E-state index is 12.3. The fourth-order valence-electron chi connectivity index (χ4n) is 2.05. The molecule has 1 aromatic heterocycles. The number of sulfonamides is 1. The molecule has 1 atom stereocenters. The van der Waals surface area contributed by atoms with Crippen LogP contribution in [-0.4, -0.2) is 54.8 Å². The molecule has 8 heteroatoms. The zero-order valence-electron chi connectivity index (χ0n) is 10.7. The quantitative estimate of drug-likeness (QED) is 0.829. The van der Waals surface area contributed by atoms with Crippen LogP contribution >= 0.6 is 23.6 Å². The van der Waals surface area contributed by atoms with Crippen LogP contribution in [0.3, 0.4) is 0 Å². The Labute approximate surface area is 123 Å². The van der Waals surface area contributed by atoms with Gasteiger partial charge in [0.15, 0.2) is 0 Å². The SMILES string of the molecule is CC(C(N)=S)N1CCN(S(=O)(=O)c2cccs2)CC1. The fraction of sp³-hybridized carbons (Fsp3) is 0.545. The predicted octanol–water partition coefficient (Wildman–Crippen LogP) is 0.729. The standard InChI is InChI=1S/C11H17N3O2S3/c1-9(11(12)17)13-4-6-14(7-5-13)19(15,16)10-3-2-8-18-10/h2-3,8-9H,4-7H2,1H3,(H2,12,17). The van der Waals surface area contributed by atoms with Crippen molar-refractivity contribution in [1.29, 1.82) is 0 Å². The van der Waals surface area contributed by atoms with Crippen LogP contribution in [0.1, 0.15) is 6.92 Å². The van der Waals surface area contributed by atoms with Crippen LogP contribution in [0.15, 0.2) is 21.7 Å². The number of rotatable bonds is 4. The number of piperazine rings is 1. The summed E-state index contributed by atoms with van der Waals surface area (Å²) in [6, 6.07) is 3.41. The second-order valence-electron chi connectivity index (χ2n) is 4.45. The van der Waals surface area contributed by atoms with Crippen LogP contribution in [0.2, 0.25) is 0 Å². The largest absolute Gasteiger partial charge is 0.392 e. The molecule has 5 nitrogen and oxygen atoms in total. The van der Waals surface area contributed by atoms with Gasteiger partial charge in [-0.1, -0.05) is 18.3 Å². The molecule has 0 amide bonds. The lowest BCUT2D eigenvalue weighted by Gasteiger charge is -2.36. The van der Waals surface area contributed by atoms with Crippen LogP contribution in [0, 0.1) is 0 Å². The first-order valence-corrected chi connectivity index (χ1v) is 8.73. The van der Waals surface area contributed by atoms with Crippen molar-refractivity contribution in [3.63, 3.8) is 0 Å². The molecule has 1 unspecified atom stereocenters. The highest BCUT2D eigenvalue weighted by Gasteiger charge is 2.30. The van der Waals surface area contributed by atoms with Gasteiger partial charge in [-0.05, 0) is 18.4 Å². The van der Waals surface area contributed by atoms with Gasteiger partial charge in [-0.25, -0.2) is 8.42 Å². The smallest absolute Gasteiger partial charge is 0.252 e. The van der Waals surface area contributed by atoms with E-state index in [4.69, 9.17) is 18.0 Å². The molecule has 0 aliphatic carbocycles. The number of thiocarbonyl (C=S) groups is 1. The number of nitrogens with zero attached hydrogens (tertiary/aromatic N) is 2. The highest BCUT2D eigenvalue weighted by Crippen LogP contribution is 2.22. The minimum absolute atomic E-state index is 0.0154. The van der Waals surface area contributed by atoms with Crippen molar-refractivity contribution in [2.24, 2.45) is 5.73 Å². The van der Waals surface area contributed by atoms with E-state index in [1.807, 2.05) is 6.92 Å². The van der Waals surface area contributed by atoms with Crippen LogP contribution in [0.4, 0.5) is 0 Å². The number of hydrogen-bond acceptors (Lipinski definition) is 5. The summed E-state index contributed by atoms with van der Waals surface area (Å²) in [6.45, 7) is 4.22. The Bertz CT molecular complexity index is 534. The maximum atomic E-state index is 12.3. The molecule has 0 spiro atoms. The van der Waals surface area contributed by atoms with Gasteiger partial charge in [-0.3, -0.25) is 4.90 Å². The summed E-state index contributed by atoms with van der Waals surface area (Å²) in [4.78, 5) is 2.57. The lowest BCUT2D eigenvalue weighted by Crippen LogP contribution is -2.53. The van der Waals surface area contributed by atoms with Crippen LogP contribution in [0.25, 0.3) is 0 Å². The van der Waals surface area contributed by atoms with Gasteiger partial charge in [-0.15, -0.1) is 11.3 Å². The van der Waals surface area contributed by atoms with E-state index >= 15 is 0 Å². The van der Waals surface area contributed by atoms with Gasteiger partial charge >= 0.3 is 0 Å². The highest BCUT2D eigenvalue weighted by atomic mass is 32.2. The molecule has 1 fully saturated rings. The molecule has 1 aliphatic heterocycles. The molecule has 106 valence electrons. The first-order valence-electron chi connectivity index (χ1n) is 6.00. The molecule has 2 heterocycles. The minimum Gasteiger partial charge on any atom is -0.392 e. The van der Waals surface area contributed by atoms with Crippen molar-refractivity contribution in [2.45, 2.75) is 17.2 Å². The van der Waals surface area contributed by atoms with Crippen LogP contribution < -0.4 is 5.73 Å². The molecule has 2 rings (SSSR count). The first kappa shape index (κ1) is 14.9. The lowest BCUT2D eigenvalue weighted by atomic mass is 10.2. The fourth-order valence-corrected chi connectivity index (χ4v) is 4.76. The summed E-state index contributed by atoms with van der Waals surface area (Å²) >= 11 is 6.22. The third-order valence-electron chi connectivity index (χ3n) is 3.32. The van der Waals surface area contributed by atoms with Crippen molar-refractivity contribution in [3.05, 3.63) is 17.5 Å². The summed E-state index contributed by atoms with van der Waals surface area (Å²) in [5.41, 5.74) is 5.62. The third-order valence-corrected chi connectivity index (χ3v) is 6.93. The van der Waals surface area contributed by atoms with Crippen molar-refractivity contribution in [3.8, 4) is 0 Å². The molecule has 19 heavy (non-hydrogen) atoms. The Morgan fingerprint density at radius 1 is 1.42 bits per heavy atom. The normalized spacial score (nSPS) is 20.3. The molecular formula is C11H17N3O2S3. The van der Waals surface area contributed by atoms with Gasteiger partial charge in [-0.2, -0.15) is 4.31 Å². The number of hydrogen-bond donors (Lipinski definition) is 1. The van der Waals surface area contributed by atoms with E-state index in [-0.39, 0.29) is 6.04 Å². The lowest BCUT2D eigenvalue weighted by molar-refractivity contribution is 0.175. The zero-order valence-corrected chi connectivity index (χ0v) is 13.1. The van der Waals surface area contributed by atoms with Gasteiger partial charge < -0.3 is 5.73 Å². The maximum Gasteiger partial charge on any atom is 0.252 e. The predicted molar refractivity (Wildman–Crippen MR) is 80.9 cm³/mol. The average molecular weight is 319 g/mol. The van der Waals surface area contributed by atoms with E-state index < -0.39 is 10.0 Å². The van der Waals surface area contributed by atoms with Crippen molar-refractivity contribution in [2.75, 3.05) is 26.2 Å². The topological polar surface area (TPSA) is 66.6 Å². The van der Waals surface area contributed by atoms with Gasteiger partial charge in [0.25, 0.3) is 10.0 Å². The summed E-state index contributed by atoms with van der Waals surface area (Å²) in [5.74, 6) is 0. The summed E-state index contributed by atoms with van der Waals surface area (Å²) in [6.07, 6.45) is 0. The van der Waals surface area contributed by atoms with E-state index in [2.05, 4.69) is 4.90 Å². The van der Waals surface area contributed by atoms with E-state index in [9.17, 15) is 8.42 Å². The van der Waals surface area contributed by atoms with E-state index in [0.717, 1.165) is 0 Å². The molecule has 1 aliphatic rings. The monoisotopic (exact) mass is 319 g/mol. The first-order chi connectivity index (χ1) is 8.93. The number of thiophene rings is 1. The highest BCUT2D eigenvalue weighted by molar-refractivity contribution is 7.91. The van der Waals surface area contributed by atoms with E-state index in [1.165, 1.54) is 15.6 Å². The van der Waals surface area contributed by atoms with E-state index in [0.29, 0.717) is 35.4 Å². The van der Waals surface area contributed by atoms with Crippen LogP contribution in [0.5, 0.6) is 0 Å². The molecule has 2 N–H and O–H groups in total. The molecule has 1 aromatic rings. The summed E-state index contributed by atoms with van der Waals surface area (Å²) in [5, 5.41) is 1.78. The minimum atomic E-state index is -3.33. The second-order valence-corrected chi connectivity index (χ2v) is 8.03. The van der Waals surface area contributed by atoms with Crippen molar-refractivity contribution in [1.82, 2.24) is 9.21 Å². The van der Waals surface area contributed by atoms with Crippen molar-refractivity contribution < 1.29 is 8.42 Å². The summed E-state index contributed by atoms with van der Waals surface area (Å²) < 4.78 is 26.6. The molecule has 0 radical (unpaired) electrons. The molecule has 0 aromatic carbocycles.